The Morgan fingerprint density at radius 3 is 2.35 bits per heavy atom. The average molecular weight is 294 g/mol. The second-order valence-corrected chi connectivity index (χ2v) is 4.07. The number of halogens is 4. The zero-order valence-corrected chi connectivity index (χ0v) is 10.4. The first-order chi connectivity index (χ1) is 9.28. The molecule has 0 radical (unpaired) electrons. The van der Waals surface area contributed by atoms with E-state index in [-0.39, 0.29) is 6.54 Å². The Hall–Kier alpha value is -1.83. The summed E-state index contributed by atoms with van der Waals surface area (Å²) in [6.07, 6.45) is -6.52. The number of aliphatic hydroxyl groups is 1. The summed E-state index contributed by atoms with van der Waals surface area (Å²) in [6, 6.07) is 4.20. The summed E-state index contributed by atoms with van der Waals surface area (Å²) in [7, 11) is 0. The number of hydrogen-bond donors (Lipinski definition) is 3. The van der Waals surface area contributed by atoms with E-state index in [1.54, 1.807) is 0 Å². The molecule has 0 heterocycles. The van der Waals surface area contributed by atoms with Crippen LogP contribution in [0.1, 0.15) is 18.1 Å². The predicted octanol–water partition coefficient (Wildman–Crippen LogP) is 2.11. The third-order valence-corrected chi connectivity index (χ3v) is 2.40. The van der Waals surface area contributed by atoms with E-state index in [2.05, 4.69) is 5.32 Å². The minimum absolute atomic E-state index is 0.191. The van der Waals surface area contributed by atoms with Gasteiger partial charge in [-0.3, -0.25) is 0 Å². The van der Waals surface area contributed by atoms with Crippen molar-refractivity contribution in [3.8, 4) is 0 Å². The summed E-state index contributed by atoms with van der Waals surface area (Å²) < 4.78 is 48.1. The number of aliphatic hydroxyl groups excluding tert-OH is 1. The van der Waals surface area contributed by atoms with Crippen LogP contribution in [0.25, 0.3) is 0 Å². The van der Waals surface area contributed by atoms with Crippen LogP contribution in [0.5, 0.6) is 0 Å². The number of rotatable bonds is 5. The summed E-state index contributed by atoms with van der Waals surface area (Å²) in [4.78, 5) is 11.2. The standard InChI is InChI=1S/C12H14F4N2O2/c13-9-3-1-8(2-4-9)10(19)7-18-11(20)17-6-5-12(14,15)16/h1-4,10,19H,5-7H2,(H2,17,18,20). The highest BCUT2D eigenvalue weighted by Gasteiger charge is 2.26. The Morgan fingerprint density at radius 1 is 1.20 bits per heavy atom. The van der Waals surface area contributed by atoms with Gasteiger partial charge in [0.2, 0.25) is 0 Å². The molecule has 0 saturated heterocycles. The molecule has 4 nitrogen and oxygen atoms in total. The van der Waals surface area contributed by atoms with Gasteiger partial charge in [0, 0.05) is 13.1 Å². The number of carbonyl (C=O) groups is 1. The minimum atomic E-state index is -4.33. The van der Waals surface area contributed by atoms with Gasteiger partial charge in [0.1, 0.15) is 5.82 Å². The lowest BCUT2D eigenvalue weighted by atomic mass is 10.1. The number of hydrogen-bond acceptors (Lipinski definition) is 2. The number of alkyl halides is 3. The maximum absolute atomic E-state index is 12.6. The molecule has 0 aliphatic carbocycles. The van der Waals surface area contributed by atoms with E-state index in [0.29, 0.717) is 5.56 Å². The first-order valence-electron chi connectivity index (χ1n) is 5.80. The van der Waals surface area contributed by atoms with Gasteiger partial charge in [-0.05, 0) is 17.7 Å². The van der Waals surface area contributed by atoms with Gasteiger partial charge in [0.05, 0.1) is 12.5 Å². The van der Waals surface area contributed by atoms with Gasteiger partial charge in [0.25, 0.3) is 0 Å². The molecule has 2 amide bonds. The van der Waals surface area contributed by atoms with E-state index in [1.807, 2.05) is 5.32 Å². The topological polar surface area (TPSA) is 61.4 Å². The first kappa shape index (κ1) is 16.2. The lowest BCUT2D eigenvalue weighted by molar-refractivity contribution is -0.132. The quantitative estimate of drug-likeness (QED) is 0.728. The third-order valence-electron chi connectivity index (χ3n) is 2.40. The van der Waals surface area contributed by atoms with Gasteiger partial charge in [0.15, 0.2) is 0 Å². The summed E-state index contributed by atoms with van der Waals surface area (Å²) in [5.74, 6) is -0.459. The average Bonchev–Trinajstić information content (AvgIpc) is 2.35. The van der Waals surface area contributed by atoms with Crippen LogP contribution in [-0.2, 0) is 0 Å². The molecule has 1 aromatic carbocycles. The largest absolute Gasteiger partial charge is 0.390 e. The van der Waals surface area contributed by atoms with Crippen molar-refractivity contribution in [1.29, 1.82) is 0 Å². The predicted molar refractivity (Wildman–Crippen MR) is 63.4 cm³/mol. The minimum Gasteiger partial charge on any atom is -0.387 e. The molecule has 0 aliphatic heterocycles. The Labute approximate surface area is 112 Å². The van der Waals surface area contributed by atoms with E-state index in [1.165, 1.54) is 12.1 Å². The van der Waals surface area contributed by atoms with Crippen LogP contribution >= 0.6 is 0 Å². The molecule has 20 heavy (non-hydrogen) atoms. The zero-order valence-electron chi connectivity index (χ0n) is 10.4. The summed E-state index contributed by atoms with van der Waals surface area (Å²) in [6.45, 7) is -0.731. The van der Waals surface area contributed by atoms with E-state index in [9.17, 15) is 27.5 Å². The number of benzene rings is 1. The second-order valence-electron chi connectivity index (χ2n) is 4.07. The first-order valence-corrected chi connectivity index (χ1v) is 5.80. The van der Waals surface area contributed by atoms with Gasteiger partial charge in [-0.15, -0.1) is 0 Å². The molecule has 0 aliphatic rings. The molecule has 1 aromatic rings. The normalized spacial score (nSPS) is 12.8. The second kappa shape index (κ2) is 7.09. The van der Waals surface area contributed by atoms with Gasteiger partial charge in [-0.25, -0.2) is 9.18 Å². The molecule has 0 aromatic heterocycles. The van der Waals surface area contributed by atoms with Crippen LogP contribution in [-0.4, -0.2) is 30.4 Å². The van der Waals surface area contributed by atoms with E-state index in [4.69, 9.17) is 0 Å². The Balaban J connectivity index is 2.28. The fourth-order valence-corrected chi connectivity index (χ4v) is 1.37. The fourth-order valence-electron chi connectivity index (χ4n) is 1.37. The molecule has 0 saturated carbocycles. The lowest BCUT2D eigenvalue weighted by Gasteiger charge is -2.13. The van der Waals surface area contributed by atoms with E-state index >= 15 is 0 Å². The van der Waals surface area contributed by atoms with Gasteiger partial charge >= 0.3 is 12.2 Å². The summed E-state index contributed by atoms with van der Waals surface area (Å²) in [5, 5.41) is 13.9. The van der Waals surface area contributed by atoms with Crippen LogP contribution in [0.4, 0.5) is 22.4 Å². The van der Waals surface area contributed by atoms with Gasteiger partial charge in [-0.1, -0.05) is 12.1 Å². The van der Waals surface area contributed by atoms with Crippen molar-refractivity contribution in [1.82, 2.24) is 10.6 Å². The molecule has 0 fully saturated rings. The van der Waals surface area contributed by atoms with Crippen molar-refractivity contribution >= 4 is 6.03 Å². The Morgan fingerprint density at radius 2 is 1.80 bits per heavy atom. The monoisotopic (exact) mass is 294 g/mol. The number of nitrogens with one attached hydrogen (secondary N) is 2. The molecule has 0 bridgehead atoms. The highest BCUT2D eigenvalue weighted by atomic mass is 19.4. The molecule has 0 spiro atoms. The SMILES string of the molecule is O=C(NCCC(F)(F)F)NCC(O)c1ccc(F)cc1. The Bertz CT molecular complexity index is 434. The maximum Gasteiger partial charge on any atom is 0.390 e. The smallest absolute Gasteiger partial charge is 0.387 e. The molecule has 112 valence electrons. The van der Waals surface area contributed by atoms with Crippen molar-refractivity contribution in [2.45, 2.75) is 18.7 Å². The number of urea groups is 1. The number of amides is 2. The summed E-state index contributed by atoms with van der Waals surface area (Å²) in [5.41, 5.74) is 0.391. The molecule has 1 unspecified atom stereocenters. The van der Waals surface area contributed by atoms with Gasteiger partial charge in [-0.2, -0.15) is 13.2 Å². The van der Waals surface area contributed by atoms with Gasteiger partial charge < -0.3 is 15.7 Å². The van der Waals surface area contributed by atoms with Crippen LogP contribution in [0.2, 0.25) is 0 Å². The highest BCUT2D eigenvalue weighted by Crippen LogP contribution is 2.18. The number of carbonyl (C=O) groups excluding carboxylic acids is 1. The highest BCUT2D eigenvalue weighted by molar-refractivity contribution is 5.73. The molecular formula is C12H14F4N2O2. The van der Waals surface area contributed by atoms with Crippen LogP contribution < -0.4 is 10.6 Å². The molecule has 1 atom stereocenters. The van der Waals surface area contributed by atoms with E-state index < -0.39 is 37.1 Å². The lowest BCUT2D eigenvalue weighted by Crippen LogP contribution is -2.39. The third kappa shape index (κ3) is 6.37. The van der Waals surface area contributed by atoms with Crippen LogP contribution in [0.15, 0.2) is 24.3 Å². The Kier molecular flexibility index (Phi) is 5.75. The molecule has 1 rings (SSSR count). The molecule has 8 heteroatoms. The van der Waals surface area contributed by atoms with Crippen molar-refractivity contribution in [2.75, 3.05) is 13.1 Å². The van der Waals surface area contributed by atoms with Crippen molar-refractivity contribution in [3.05, 3.63) is 35.6 Å². The molecular weight excluding hydrogens is 280 g/mol. The van der Waals surface area contributed by atoms with Crippen LogP contribution in [0, 0.1) is 5.82 Å². The summed E-state index contributed by atoms with van der Waals surface area (Å²) >= 11 is 0. The molecule has 3 N–H and O–H groups in total. The van der Waals surface area contributed by atoms with Crippen LogP contribution in [0.3, 0.4) is 0 Å². The maximum atomic E-state index is 12.6. The fraction of sp³-hybridized carbons (Fsp3) is 0.417. The van der Waals surface area contributed by atoms with Crippen molar-refractivity contribution in [2.24, 2.45) is 0 Å². The zero-order chi connectivity index (χ0) is 15.2. The van der Waals surface area contributed by atoms with E-state index in [0.717, 1.165) is 12.1 Å². The van der Waals surface area contributed by atoms with Crippen molar-refractivity contribution < 1.29 is 27.5 Å². The van der Waals surface area contributed by atoms with Crippen molar-refractivity contribution in [3.63, 3.8) is 0 Å².